The van der Waals surface area contributed by atoms with Crippen LogP contribution in [0.3, 0.4) is 0 Å². The largest absolute Gasteiger partial charge is 0.481 e. The number of aromatic nitrogens is 1. The zero-order valence-electron chi connectivity index (χ0n) is 16.0. The number of ether oxygens (including phenoxy) is 1. The lowest BCUT2D eigenvalue weighted by Crippen LogP contribution is -2.34. The van der Waals surface area contributed by atoms with Crippen molar-refractivity contribution in [3.05, 3.63) is 83.3 Å². The molecule has 1 amide bonds. The normalized spacial score (nSPS) is 16.1. The fourth-order valence-electron chi connectivity index (χ4n) is 3.50. The number of nitrogens with zero attached hydrogens (tertiary/aromatic N) is 2. The van der Waals surface area contributed by atoms with Crippen molar-refractivity contribution < 1.29 is 27.1 Å². The highest BCUT2D eigenvalue weighted by atomic mass is 19.1. The maximum Gasteiger partial charge on any atom is 0.261 e. The Hall–Kier alpha value is -3.29. The first-order valence-corrected chi connectivity index (χ1v) is 9.56. The van der Waals surface area contributed by atoms with Crippen LogP contribution in [-0.2, 0) is 11.2 Å². The Morgan fingerprint density at radius 1 is 1.13 bits per heavy atom. The molecule has 0 unspecified atom stereocenters. The van der Waals surface area contributed by atoms with E-state index in [-0.39, 0.29) is 30.1 Å². The molecule has 1 aliphatic rings. The summed E-state index contributed by atoms with van der Waals surface area (Å²) in [4.78, 5) is 18.5. The lowest BCUT2D eigenvalue weighted by Gasteiger charge is -2.22. The molecule has 30 heavy (non-hydrogen) atoms. The predicted molar refractivity (Wildman–Crippen MR) is 101 cm³/mol. The molecule has 0 radical (unpaired) electrons. The summed E-state index contributed by atoms with van der Waals surface area (Å²) in [5.41, 5.74) is 0.883. The van der Waals surface area contributed by atoms with Crippen LogP contribution in [-0.4, -0.2) is 28.9 Å². The van der Waals surface area contributed by atoms with Crippen LogP contribution in [0.4, 0.5) is 13.2 Å². The first-order valence-electron chi connectivity index (χ1n) is 9.56. The number of benzene rings is 2. The molecule has 0 saturated carbocycles. The highest BCUT2D eigenvalue weighted by molar-refractivity contribution is 5.78. The first kappa shape index (κ1) is 20.0. The number of carbonyl (C=O) groups excluding carboxylic acids is 1. The second-order valence-electron chi connectivity index (χ2n) is 7.08. The monoisotopic (exact) mass is 416 g/mol. The second-order valence-corrected chi connectivity index (χ2v) is 7.08. The van der Waals surface area contributed by atoms with Crippen LogP contribution in [0.15, 0.2) is 53.1 Å². The minimum absolute atomic E-state index is 0.182. The van der Waals surface area contributed by atoms with Crippen molar-refractivity contribution in [1.29, 1.82) is 0 Å². The molecule has 5 nitrogen and oxygen atoms in total. The van der Waals surface area contributed by atoms with Crippen molar-refractivity contribution in [2.45, 2.75) is 25.3 Å². The van der Waals surface area contributed by atoms with Crippen molar-refractivity contribution in [2.24, 2.45) is 0 Å². The van der Waals surface area contributed by atoms with E-state index in [4.69, 9.17) is 9.15 Å². The Kier molecular flexibility index (Phi) is 5.74. The van der Waals surface area contributed by atoms with Gasteiger partial charge in [0.25, 0.3) is 5.91 Å². The molecule has 0 N–H and O–H groups in total. The number of halogens is 3. The van der Waals surface area contributed by atoms with Gasteiger partial charge in [-0.15, -0.1) is 0 Å². The molecule has 0 spiro atoms. The van der Waals surface area contributed by atoms with Crippen LogP contribution >= 0.6 is 0 Å². The Balaban J connectivity index is 1.40. The van der Waals surface area contributed by atoms with Gasteiger partial charge in [-0.2, -0.15) is 0 Å². The predicted octanol–water partition coefficient (Wildman–Crippen LogP) is 4.43. The topological polar surface area (TPSA) is 55.6 Å². The summed E-state index contributed by atoms with van der Waals surface area (Å²) in [6.07, 6.45) is 3.52. The molecule has 1 aromatic heterocycles. The summed E-state index contributed by atoms with van der Waals surface area (Å²) >= 11 is 0. The van der Waals surface area contributed by atoms with Gasteiger partial charge in [-0.05, 0) is 42.7 Å². The molecule has 2 heterocycles. The summed E-state index contributed by atoms with van der Waals surface area (Å²) in [5.74, 6) is -1.37. The molecule has 3 aromatic rings. The number of carbonyl (C=O) groups is 1. The Morgan fingerprint density at radius 3 is 2.67 bits per heavy atom. The number of rotatable bonds is 6. The van der Waals surface area contributed by atoms with Crippen LogP contribution in [0.25, 0.3) is 0 Å². The zero-order chi connectivity index (χ0) is 21.1. The fourth-order valence-corrected chi connectivity index (χ4v) is 3.50. The van der Waals surface area contributed by atoms with E-state index in [1.165, 1.54) is 12.1 Å². The van der Waals surface area contributed by atoms with E-state index in [9.17, 15) is 18.0 Å². The van der Waals surface area contributed by atoms with Crippen LogP contribution in [0.5, 0.6) is 5.75 Å². The SMILES string of the molecule is O=C(COc1ccc(F)cc1F)N1CCC[C@@H]1c1ncc(Cc2ccc(F)cc2)o1. The van der Waals surface area contributed by atoms with Crippen molar-refractivity contribution >= 4 is 5.91 Å². The highest BCUT2D eigenvalue weighted by Crippen LogP contribution is 2.32. The Labute approximate surface area is 171 Å². The molecule has 4 rings (SSSR count). The van der Waals surface area contributed by atoms with Gasteiger partial charge in [-0.25, -0.2) is 18.2 Å². The quantitative estimate of drug-likeness (QED) is 0.597. The van der Waals surface area contributed by atoms with Crippen LogP contribution in [0.2, 0.25) is 0 Å². The molecule has 1 aliphatic heterocycles. The molecule has 0 bridgehead atoms. The number of amides is 1. The average Bonchev–Trinajstić information content (AvgIpc) is 3.38. The number of oxazole rings is 1. The summed E-state index contributed by atoms with van der Waals surface area (Å²) in [7, 11) is 0. The molecule has 0 aliphatic carbocycles. The van der Waals surface area contributed by atoms with Crippen LogP contribution in [0, 0.1) is 17.5 Å². The number of likely N-dealkylation sites (tertiary alicyclic amines) is 1. The molecule has 1 saturated heterocycles. The number of hydrogen-bond acceptors (Lipinski definition) is 4. The van der Waals surface area contributed by atoms with Gasteiger partial charge in [0.2, 0.25) is 5.89 Å². The van der Waals surface area contributed by atoms with Crippen molar-refractivity contribution in [1.82, 2.24) is 9.88 Å². The van der Waals surface area contributed by atoms with Gasteiger partial charge in [0.15, 0.2) is 18.2 Å². The molecular formula is C22H19F3N2O3. The van der Waals surface area contributed by atoms with Gasteiger partial charge >= 0.3 is 0 Å². The maximum atomic E-state index is 13.7. The van der Waals surface area contributed by atoms with E-state index >= 15 is 0 Å². The summed E-state index contributed by atoms with van der Waals surface area (Å²) in [6, 6.07) is 8.70. The minimum atomic E-state index is -0.862. The Bertz CT molecular complexity index is 1040. The van der Waals surface area contributed by atoms with Gasteiger partial charge in [0, 0.05) is 19.0 Å². The fraction of sp³-hybridized carbons (Fsp3) is 0.273. The molecular weight excluding hydrogens is 397 g/mol. The molecule has 8 heteroatoms. The van der Waals surface area contributed by atoms with E-state index in [2.05, 4.69) is 4.98 Å². The Morgan fingerprint density at radius 2 is 1.90 bits per heavy atom. The van der Waals surface area contributed by atoms with Gasteiger partial charge in [0.1, 0.15) is 23.4 Å². The van der Waals surface area contributed by atoms with E-state index in [1.54, 1.807) is 23.2 Å². The summed E-state index contributed by atoms with van der Waals surface area (Å²) in [5, 5.41) is 0. The van der Waals surface area contributed by atoms with E-state index < -0.39 is 11.6 Å². The van der Waals surface area contributed by atoms with Gasteiger partial charge < -0.3 is 14.1 Å². The van der Waals surface area contributed by atoms with Crippen LogP contribution < -0.4 is 4.74 Å². The van der Waals surface area contributed by atoms with Crippen molar-refractivity contribution in [2.75, 3.05) is 13.2 Å². The smallest absolute Gasteiger partial charge is 0.261 e. The van der Waals surface area contributed by atoms with E-state index in [0.29, 0.717) is 37.1 Å². The van der Waals surface area contributed by atoms with E-state index in [1.807, 2.05) is 0 Å². The maximum absolute atomic E-state index is 13.7. The lowest BCUT2D eigenvalue weighted by atomic mass is 10.1. The van der Waals surface area contributed by atoms with Gasteiger partial charge in [-0.1, -0.05) is 12.1 Å². The van der Waals surface area contributed by atoms with Crippen LogP contribution in [0.1, 0.15) is 36.1 Å². The molecule has 1 fully saturated rings. The first-order chi connectivity index (χ1) is 14.5. The third kappa shape index (κ3) is 4.48. The molecule has 1 atom stereocenters. The average molecular weight is 416 g/mol. The third-order valence-electron chi connectivity index (χ3n) is 4.97. The van der Waals surface area contributed by atoms with E-state index in [0.717, 1.165) is 24.1 Å². The summed E-state index contributed by atoms with van der Waals surface area (Å²) < 4.78 is 50.8. The van der Waals surface area contributed by atoms with Gasteiger partial charge in [0.05, 0.1) is 6.20 Å². The third-order valence-corrected chi connectivity index (χ3v) is 4.97. The summed E-state index contributed by atoms with van der Waals surface area (Å²) in [6.45, 7) is 0.136. The second kappa shape index (κ2) is 8.61. The van der Waals surface area contributed by atoms with Crippen molar-refractivity contribution in [3.8, 4) is 5.75 Å². The zero-order valence-corrected chi connectivity index (χ0v) is 16.0. The van der Waals surface area contributed by atoms with Crippen molar-refractivity contribution in [3.63, 3.8) is 0 Å². The van der Waals surface area contributed by atoms with Gasteiger partial charge in [-0.3, -0.25) is 4.79 Å². The number of hydrogen-bond donors (Lipinski definition) is 0. The standard InChI is InChI=1S/C22H19F3N2O3/c23-15-5-3-14(4-6-15)10-17-12-26-22(30-17)19-2-1-9-27(19)21(28)13-29-20-8-7-16(24)11-18(20)25/h3-8,11-12,19H,1-2,9-10,13H2/t19-/m1/s1. The minimum Gasteiger partial charge on any atom is -0.481 e. The highest BCUT2D eigenvalue weighted by Gasteiger charge is 2.33. The molecule has 156 valence electrons. The molecule has 2 aromatic carbocycles. The lowest BCUT2D eigenvalue weighted by molar-refractivity contribution is -0.134.